The summed E-state index contributed by atoms with van der Waals surface area (Å²) >= 11 is 0. The van der Waals surface area contributed by atoms with Gasteiger partial charge in [-0.05, 0) is 48.9 Å². The summed E-state index contributed by atoms with van der Waals surface area (Å²) in [4.78, 5) is 10.9. The Kier molecular flexibility index (Phi) is 3.60. The minimum absolute atomic E-state index is 0.352. The third kappa shape index (κ3) is 2.84. The summed E-state index contributed by atoms with van der Waals surface area (Å²) < 4.78 is 0. The first kappa shape index (κ1) is 12.9. The normalized spacial score (nSPS) is 17.7. The number of anilines is 1. The van der Waals surface area contributed by atoms with Crippen LogP contribution in [0.3, 0.4) is 0 Å². The van der Waals surface area contributed by atoms with Crippen molar-refractivity contribution in [3.63, 3.8) is 0 Å². The Balaban J connectivity index is 2.03. The van der Waals surface area contributed by atoms with Crippen molar-refractivity contribution in [1.29, 1.82) is 0 Å². The number of carboxylic acid groups (broad SMARTS) is 1. The molecule has 2 N–H and O–H groups in total. The number of hydrogen-bond acceptors (Lipinski definition) is 2. The van der Waals surface area contributed by atoms with Gasteiger partial charge in [-0.3, -0.25) is 0 Å². The average molecular weight is 247 g/mol. The number of carboxylic acids is 1. The third-order valence-corrected chi connectivity index (χ3v) is 3.99. The molecule has 1 aromatic carbocycles. The van der Waals surface area contributed by atoms with Crippen LogP contribution in [0.25, 0.3) is 0 Å². The summed E-state index contributed by atoms with van der Waals surface area (Å²) in [5, 5.41) is 12.4. The molecule has 0 saturated heterocycles. The van der Waals surface area contributed by atoms with Crippen molar-refractivity contribution < 1.29 is 9.90 Å². The van der Waals surface area contributed by atoms with E-state index in [2.05, 4.69) is 12.2 Å². The van der Waals surface area contributed by atoms with E-state index in [0.29, 0.717) is 11.0 Å². The van der Waals surface area contributed by atoms with Crippen LogP contribution in [0.4, 0.5) is 5.69 Å². The molecule has 0 aliphatic heterocycles. The number of benzene rings is 1. The Morgan fingerprint density at radius 1 is 1.39 bits per heavy atom. The van der Waals surface area contributed by atoms with Gasteiger partial charge in [0.15, 0.2) is 0 Å². The summed E-state index contributed by atoms with van der Waals surface area (Å²) in [6.07, 6.45) is 5.22. The third-order valence-electron chi connectivity index (χ3n) is 3.99. The lowest BCUT2D eigenvalue weighted by Gasteiger charge is -2.25. The molecule has 1 aliphatic rings. The van der Waals surface area contributed by atoms with E-state index in [1.807, 2.05) is 13.0 Å². The van der Waals surface area contributed by atoms with Gasteiger partial charge in [0.2, 0.25) is 0 Å². The second-order valence-corrected chi connectivity index (χ2v) is 5.71. The first-order chi connectivity index (χ1) is 8.50. The minimum Gasteiger partial charge on any atom is -0.478 e. The van der Waals surface area contributed by atoms with Crippen LogP contribution in [0.1, 0.15) is 48.5 Å². The zero-order valence-electron chi connectivity index (χ0n) is 11.1. The van der Waals surface area contributed by atoms with Crippen molar-refractivity contribution in [3.05, 3.63) is 29.3 Å². The second-order valence-electron chi connectivity index (χ2n) is 5.71. The Morgan fingerprint density at radius 3 is 2.61 bits per heavy atom. The highest BCUT2D eigenvalue weighted by Crippen LogP contribution is 2.37. The maximum absolute atomic E-state index is 10.9. The monoisotopic (exact) mass is 247 g/mol. The number of nitrogens with one attached hydrogen (secondary N) is 1. The van der Waals surface area contributed by atoms with Crippen molar-refractivity contribution >= 4 is 11.7 Å². The van der Waals surface area contributed by atoms with Gasteiger partial charge in [-0.15, -0.1) is 0 Å². The molecule has 1 aromatic rings. The predicted octanol–water partition coefficient (Wildman–Crippen LogP) is 3.69. The van der Waals surface area contributed by atoms with Crippen molar-refractivity contribution in [2.45, 2.75) is 39.5 Å². The molecule has 0 radical (unpaired) electrons. The fourth-order valence-electron chi connectivity index (χ4n) is 2.71. The van der Waals surface area contributed by atoms with Crippen molar-refractivity contribution in [3.8, 4) is 0 Å². The summed E-state index contributed by atoms with van der Waals surface area (Å²) in [5.74, 6) is -0.868. The topological polar surface area (TPSA) is 49.3 Å². The molecule has 0 amide bonds. The van der Waals surface area contributed by atoms with Crippen LogP contribution >= 0.6 is 0 Å². The van der Waals surface area contributed by atoms with Gasteiger partial charge in [0, 0.05) is 12.2 Å². The molecule has 0 heterocycles. The van der Waals surface area contributed by atoms with E-state index < -0.39 is 5.97 Å². The van der Waals surface area contributed by atoms with E-state index in [1.165, 1.54) is 25.7 Å². The Hall–Kier alpha value is -1.51. The molecule has 2 rings (SSSR count). The molecule has 18 heavy (non-hydrogen) atoms. The first-order valence-corrected chi connectivity index (χ1v) is 6.58. The molecule has 0 spiro atoms. The maximum atomic E-state index is 10.9. The van der Waals surface area contributed by atoms with Gasteiger partial charge in [0.25, 0.3) is 0 Å². The molecule has 0 bridgehead atoms. The number of carbonyl (C=O) groups is 1. The number of hydrogen-bond donors (Lipinski definition) is 2. The summed E-state index contributed by atoms with van der Waals surface area (Å²) in [7, 11) is 0. The van der Waals surface area contributed by atoms with Crippen LogP contribution in [0.15, 0.2) is 18.2 Å². The molecule has 0 atom stereocenters. The first-order valence-electron chi connectivity index (χ1n) is 6.58. The highest BCUT2D eigenvalue weighted by Gasteiger charge is 2.28. The fraction of sp³-hybridized carbons (Fsp3) is 0.533. The van der Waals surface area contributed by atoms with Crippen molar-refractivity contribution in [2.24, 2.45) is 5.41 Å². The van der Waals surface area contributed by atoms with Crippen LogP contribution < -0.4 is 5.32 Å². The van der Waals surface area contributed by atoms with Crippen LogP contribution in [-0.4, -0.2) is 17.6 Å². The zero-order chi connectivity index (χ0) is 13.2. The lowest BCUT2D eigenvalue weighted by atomic mass is 9.89. The predicted molar refractivity (Wildman–Crippen MR) is 73.2 cm³/mol. The van der Waals surface area contributed by atoms with Crippen LogP contribution in [0.5, 0.6) is 0 Å². The van der Waals surface area contributed by atoms with Crippen molar-refractivity contribution in [1.82, 2.24) is 0 Å². The molecule has 1 fully saturated rings. The molecule has 3 heteroatoms. The van der Waals surface area contributed by atoms with Crippen LogP contribution in [-0.2, 0) is 0 Å². The zero-order valence-corrected chi connectivity index (χ0v) is 11.1. The highest BCUT2D eigenvalue weighted by molar-refractivity contribution is 5.88. The van der Waals surface area contributed by atoms with E-state index in [-0.39, 0.29) is 0 Å². The number of aryl methyl sites for hydroxylation is 1. The maximum Gasteiger partial charge on any atom is 0.335 e. The van der Waals surface area contributed by atoms with Gasteiger partial charge in [-0.1, -0.05) is 19.8 Å². The molecule has 1 aliphatic carbocycles. The highest BCUT2D eigenvalue weighted by atomic mass is 16.4. The van der Waals surface area contributed by atoms with Crippen molar-refractivity contribution in [2.75, 3.05) is 11.9 Å². The van der Waals surface area contributed by atoms with Gasteiger partial charge in [-0.2, -0.15) is 0 Å². The van der Waals surface area contributed by atoms with E-state index in [4.69, 9.17) is 5.11 Å². The SMILES string of the molecule is Cc1cc(C(=O)O)ccc1NCC1(C)CCCC1. The Labute approximate surface area is 108 Å². The van der Waals surface area contributed by atoms with Gasteiger partial charge in [0.05, 0.1) is 5.56 Å². The van der Waals surface area contributed by atoms with Crippen LogP contribution in [0, 0.1) is 12.3 Å². The molecular weight excluding hydrogens is 226 g/mol. The molecule has 1 saturated carbocycles. The van der Waals surface area contributed by atoms with E-state index in [9.17, 15) is 4.79 Å². The Bertz CT molecular complexity index is 448. The Morgan fingerprint density at radius 2 is 2.06 bits per heavy atom. The average Bonchev–Trinajstić information content (AvgIpc) is 2.75. The molecule has 0 aromatic heterocycles. The minimum atomic E-state index is -0.868. The molecule has 98 valence electrons. The van der Waals surface area contributed by atoms with E-state index >= 15 is 0 Å². The smallest absolute Gasteiger partial charge is 0.335 e. The number of rotatable bonds is 4. The summed E-state index contributed by atoms with van der Waals surface area (Å²) in [5.41, 5.74) is 2.80. The molecule has 3 nitrogen and oxygen atoms in total. The van der Waals surface area contributed by atoms with Gasteiger partial charge >= 0.3 is 5.97 Å². The molecule has 0 unspecified atom stereocenters. The second kappa shape index (κ2) is 5.01. The summed E-state index contributed by atoms with van der Waals surface area (Å²) in [6, 6.07) is 5.26. The van der Waals surface area contributed by atoms with E-state index in [0.717, 1.165) is 17.8 Å². The van der Waals surface area contributed by atoms with Gasteiger partial charge < -0.3 is 10.4 Å². The van der Waals surface area contributed by atoms with E-state index in [1.54, 1.807) is 12.1 Å². The standard InChI is InChI=1S/C15H21NO2/c1-11-9-12(14(17)18)5-6-13(11)16-10-15(2)7-3-4-8-15/h5-6,9,16H,3-4,7-8,10H2,1-2H3,(H,17,18). The lowest BCUT2D eigenvalue weighted by Crippen LogP contribution is -2.23. The van der Waals surface area contributed by atoms with Crippen LogP contribution in [0.2, 0.25) is 0 Å². The lowest BCUT2D eigenvalue weighted by molar-refractivity contribution is 0.0697. The number of aromatic carboxylic acids is 1. The van der Waals surface area contributed by atoms with Gasteiger partial charge in [-0.25, -0.2) is 4.79 Å². The quantitative estimate of drug-likeness (QED) is 0.853. The summed E-state index contributed by atoms with van der Waals surface area (Å²) in [6.45, 7) is 5.25. The fourth-order valence-corrected chi connectivity index (χ4v) is 2.71. The largest absolute Gasteiger partial charge is 0.478 e. The van der Waals surface area contributed by atoms with Gasteiger partial charge in [0.1, 0.15) is 0 Å². The molecular formula is C15H21NO2.